The Labute approximate surface area is 85.2 Å². The third-order valence-electron chi connectivity index (χ3n) is 3.23. The summed E-state index contributed by atoms with van der Waals surface area (Å²) in [5.74, 6) is 0.688. The van der Waals surface area contributed by atoms with Crippen LogP contribution in [0.4, 0.5) is 0 Å². The van der Waals surface area contributed by atoms with E-state index in [9.17, 15) is 4.79 Å². The molecule has 14 heavy (non-hydrogen) atoms. The molecule has 1 N–H and O–H groups in total. The largest absolute Gasteiger partial charge is 0.338 e. The van der Waals surface area contributed by atoms with Gasteiger partial charge in [0.25, 0.3) is 0 Å². The zero-order valence-electron chi connectivity index (χ0n) is 8.54. The summed E-state index contributed by atoms with van der Waals surface area (Å²) in [6.45, 7) is 6.71. The van der Waals surface area contributed by atoms with Gasteiger partial charge in [0, 0.05) is 31.5 Å². The standard InChI is InChI=1S/C11H18N2O/c1-2-9-6-11(14)13(8-9)10-4-3-5-12-7-10/h2,9-10,12H,1,3-8H2. The third-order valence-corrected chi connectivity index (χ3v) is 3.23. The van der Waals surface area contributed by atoms with Gasteiger partial charge in [-0.3, -0.25) is 4.79 Å². The predicted molar refractivity (Wildman–Crippen MR) is 55.9 cm³/mol. The van der Waals surface area contributed by atoms with Crippen molar-refractivity contribution in [2.45, 2.75) is 25.3 Å². The van der Waals surface area contributed by atoms with Crippen molar-refractivity contribution >= 4 is 5.91 Å². The Kier molecular flexibility index (Phi) is 2.87. The number of carbonyl (C=O) groups is 1. The van der Waals surface area contributed by atoms with Crippen LogP contribution < -0.4 is 5.32 Å². The van der Waals surface area contributed by atoms with Crippen molar-refractivity contribution in [3.05, 3.63) is 12.7 Å². The molecule has 2 rings (SSSR count). The fourth-order valence-corrected chi connectivity index (χ4v) is 2.37. The normalized spacial score (nSPS) is 33.4. The minimum absolute atomic E-state index is 0.309. The number of likely N-dealkylation sites (tertiary alicyclic amines) is 1. The molecule has 3 nitrogen and oxygen atoms in total. The monoisotopic (exact) mass is 194 g/mol. The average Bonchev–Trinajstić information content (AvgIpc) is 2.61. The van der Waals surface area contributed by atoms with Gasteiger partial charge in [-0.15, -0.1) is 6.58 Å². The van der Waals surface area contributed by atoms with Gasteiger partial charge < -0.3 is 10.2 Å². The van der Waals surface area contributed by atoms with Crippen LogP contribution in [0.5, 0.6) is 0 Å². The lowest BCUT2D eigenvalue weighted by molar-refractivity contribution is -0.129. The summed E-state index contributed by atoms with van der Waals surface area (Å²) < 4.78 is 0. The van der Waals surface area contributed by atoms with E-state index >= 15 is 0 Å². The second kappa shape index (κ2) is 4.13. The Balaban J connectivity index is 1.96. The Morgan fingerprint density at radius 1 is 1.57 bits per heavy atom. The van der Waals surface area contributed by atoms with E-state index in [0.717, 1.165) is 26.1 Å². The van der Waals surface area contributed by atoms with Crippen LogP contribution in [0.2, 0.25) is 0 Å². The summed E-state index contributed by atoms with van der Waals surface area (Å²) >= 11 is 0. The van der Waals surface area contributed by atoms with Crippen LogP contribution in [0.3, 0.4) is 0 Å². The SMILES string of the molecule is C=CC1CC(=O)N(C2CCCNC2)C1. The molecule has 3 heteroatoms. The van der Waals surface area contributed by atoms with E-state index in [1.165, 1.54) is 6.42 Å². The summed E-state index contributed by atoms with van der Waals surface area (Å²) in [5, 5.41) is 3.35. The second-order valence-electron chi connectivity index (χ2n) is 4.25. The maximum Gasteiger partial charge on any atom is 0.223 e. The molecule has 2 aliphatic heterocycles. The summed E-state index contributed by atoms with van der Waals surface area (Å²) in [5.41, 5.74) is 0. The van der Waals surface area contributed by atoms with Crippen molar-refractivity contribution in [3.63, 3.8) is 0 Å². The quantitative estimate of drug-likeness (QED) is 0.659. The number of hydrogen-bond donors (Lipinski definition) is 1. The highest BCUT2D eigenvalue weighted by Gasteiger charge is 2.33. The van der Waals surface area contributed by atoms with Crippen molar-refractivity contribution < 1.29 is 4.79 Å². The lowest BCUT2D eigenvalue weighted by Crippen LogP contribution is -2.46. The smallest absolute Gasteiger partial charge is 0.223 e. The topological polar surface area (TPSA) is 32.3 Å². The molecular formula is C11H18N2O. The van der Waals surface area contributed by atoms with E-state index in [1.54, 1.807) is 0 Å². The minimum Gasteiger partial charge on any atom is -0.338 e. The van der Waals surface area contributed by atoms with Crippen molar-refractivity contribution in [2.75, 3.05) is 19.6 Å². The number of hydrogen-bond acceptors (Lipinski definition) is 2. The van der Waals surface area contributed by atoms with Crippen molar-refractivity contribution in [1.29, 1.82) is 0 Å². The fourth-order valence-electron chi connectivity index (χ4n) is 2.37. The van der Waals surface area contributed by atoms with Crippen LogP contribution in [0.15, 0.2) is 12.7 Å². The van der Waals surface area contributed by atoms with Gasteiger partial charge in [0.2, 0.25) is 5.91 Å². The average molecular weight is 194 g/mol. The highest BCUT2D eigenvalue weighted by atomic mass is 16.2. The number of carbonyl (C=O) groups excluding carboxylic acids is 1. The molecule has 0 aromatic heterocycles. The summed E-state index contributed by atoms with van der Waals surface area (Å²) in [6, 6.07) is 0.432. The molecule has 2 aliphatic rings. The fraction of sp³-hybridized carbons (Fsp3) is 0.727. The summed E-state index contributed by atoms with van der Waals surface area (Å²) in [4.78, 5) is 13.7. The molecule has 2 heterocycles. The minimum atomic E-state index is 0.309. The molecule has 0 saturated carbocycles. The van der Waals surface area contributed by atoms with Crippen LogP contribution in [0.25, 0.3) is 0 Å². The number of nitrogens with zero attached hydrogens (tertiary/aromatic N) is 1. The van der Waals surface area contributed by atoms with Crippen molar-refractivity contribution in [3.8, 4) is 0 Å². The van der Waals surface area contributed by atoms with E-state index in [4.69, 9.17) is 0 Å². The Morgan fingerprint density at radius 2 is 2.43 bits per heavy atom. The molecule has 0 bridgehead atoms. The van der Waals surface area contributed by atoms with Gasteiger partial charge in [-0.2, -0.15) is 0 Å². The second-order valence-corrected chi connectivity index (χ2v) is 4.25. The maximum atomic E-state index is 11.7. The Morgan fingerprint density at radius 3 is 3.00 bits per heavy atom. The maximum absolute atomic E-state index is 11.7. The van der Waals surface area contributed by atoms with E-state index in [-0.39, 0.29) is 0 Å². The third kappa shape index (κ3) is 1.82. The van der Waals surface area contributed by atoms with E-state index in [0.29, 0.717) is 24.3 Å². The molecule has 78 valence electrons. The van der Waals surface area contributed by atoms with Gasteiger partial charge in [-0.25, -0.2) is 0 Å². The summed E-state index contributed by atoms with van der Waals surface area (Å²) in [6.07, 6.45) is 4.92. The Bertz CT molecular complexity index is 233. The van der Waals surface area contributed by atoms with Gasteiger partial charge in [0.05, 0.1) is 0 Å². The molecule has 1 amide bonds. The van der Waals surface area contributed by atoms with E-state index in [2.05, 4.69) is 11.9 Å². The first-order chi connectivity index (χ1) is 6.81. The van der Waals surface area contributed by atoms with Crippen LogP contribution >= 0.6 is 0 Å². The van der Waals surface area contributed by atoms with Gasteiger partial charge >= 0.3 is 0 Å². The highest BCUT2D eigenvalue weighted by molar-refractivity contribution is 5.79. The molecule has 0 radical (unpaired) electrons. The molecular weight excluding hydrogens is 176 g/mol. The van der Waals surface area contributed by atoms with Gasteiger partial charge in [0.1, 0.15) is 0 Å². The zero-order valence-corrected chi connectivity index (χ0v) is 8.54. The van der Waals surface area contributed by atoms with E-state index < -0.39 is 0 Å². The first-order valence-electron chi connectivity index (χ1n) is 5.44. The number of rotatable bonds is 2. The van der Waals surface area contributed by atoms with Crippen LogP contribution in [0, 0.1) is 5.92 Å². The van der Waals surface area contributed by atoms with Crippen molar-refractivity contribution in [2.24, 2.45) is 5.92 Å². The first kappa shape index (κ1) is 9.71. The van der Waals surface area contributed by atoms with Crippen molar-refractivity contribution in [1.82, 2.24) is 10.2 Å². The molecule has 2 atom stereocenters. The molecule has 2 fully saturated rings. The lowest BCUT2D eigenvalue weighted by Gasteiger charge is -2.31. The van der Waals surface area contributed by atoms with Gasteiger partial charge in [-0.05, 0) is 19.4 Å². The lowest BCUT2D eigenvalue weighted by atomic mass is 10.1. The van der Waals surface area contributed by atoms with Gasteiger partial charge in [-0.1, -0.05) is 6.08 Å². The number of amides is 1. The predicted octanol–water partition coefficient (Wildman–Crippen LogP) is 0.773. The first-order valence-corrected chi connectivity index (χ1v) is 5.44. The van der Waals surface area contributed by atoms with E-state index in [1.807, 2.05) is 11.0 Å². The zero-order chi connectivity index (χ0) is 9.97. The van der Waals surface area contributed by atoms with Gasteiger partial charge in [0.15, 0.2) is 0 Å². The van der Waals surface area contributed by atoms with Crippen LogP contribution in [-0.2, 0) is 4.79 Å². The molecule has 0 aromatic rings. The summed E-state index contributed by atoms with van der Waals surface area (Å²) in [7, 11) is 0. The molecule has 2 saturated heterocycles. The van der Waals surface area contributed by atoms with Crippen LogP contribution in [0.1, 0.15) is 19.3 Å². The molecule has 0 spiro atoms. The number of piperidine rings is 1. The Hall–Kier alpha value is -0.830. The highest BCUT2D eigenvalue weighted by Crippen LogP contribution is 2.23. The number of nitrogens with one attached hydrogen (secondary N) is 1. The molecule has 2 unspecified atom stereocenters. The molecule has 0 aliphatic carbocycles. The van der Waals surface area contributed by atoms with Crippen LogP contribution in [-0.4, -0.2) is 36.5 Å². The molecule has 0 aromatic carbocycles.